The number of hydrogen-bond acceptors (Lipinski definition) is 6. The van der Waals surface area contributed by atoms with Gasteiger partial charge in [-0.2, -0.15) is 0 Å². The Hall–Kier alpha value is -1.67. The van der Waals surface area contributed by atoms with Crippen molar-refractivity contribution < 1.29 is 17.9 Å². The van der Waals surface area contributed by atoms with Crippen molar-refractivity contribution in [2.75, 3.05) is 24.6 Å². The molecule has 1 aromatic heterocycles. The van der Waals surface area contributed by atoms with Crippen LogP contribution in [0.3, 0.4) is 0 Å². The minimum Gasteiger partial charge on any atom is -0.465 e. The SMILES string of the molecule is CCOC(=O)CN(CC)c1ccc(S(N)(=O)=O)cn1. The highest BCUT2D eigenvalue weighted by Gasteiger charge is 2.13. The molecule has 0 saturated carbocycles. The van der Waals surface area contributed by atoms with Gasteiger partial charge in [0.05, 0.1) is 6.61 Å². The molecule has 0 atom stereocenters. The average molecular weight is 287 g/mol. The van der Waals surface area contributed by atoms with Crippen LogP contribution in [0.15, 0.2) is 23.2 Å². The van der Waals surface area contributed by atoms with Crippen LogP contribution in [0.1, 0.15) is 13.8 Å². The number of aromatic nitrogens is 1. The number of likely N-dealkylation sites (N-methyl/N-ethyl adjacent to an activating group) is 1. The zero-order valence-electron chi connectivity index (χ0n) is 10.9. The Labute approximate surface area is 112 Å². The van der Waals surface area contributed by atoms with Crippen LogP contribution in [-0.4, -0.2) is 39.1 Å². The van der Waals surface area contributed by atoms with Gasteiger partial charge in [-0.1, -0.05) is 0 Å². The molecule has 1 rings (SSSR count). The molecule has 0 fully saturated rings. The number of carbonyl (C=O) groups excluding carboxylic acids is 1. The van der Waals surface area contributed by atoms with Crippen LogP contribution >= 0.6 is 0 Å². The summed E-state index contributed by atoms with van der Waals surface area (Å²) in [6.07, 6.45) is 1.17. The van der Waals surface area contributed by atoms with E-state index in [0.29, 0.717) is 19.0 Å². The normalized spacial score (nSPS) is 11.1. The third-order valence-electron chi connectivity index (χ3n) is 2.38. The molecular formula is C11H17N3O4S. The number of rotatable bonds is 6. The maximum absolute atomic E-state index is 11.4. The number of anilines is 1. The molecule has 8 heteroatoms. The summed E-state index contributed by atoms with van der Waals surface area (Å²) in [4.78, 5) is 17.0. The number of sulfonamides is 1. The summed E-state index contributed by atoms with van der Waals surface area (Å²) in [6, 6.07) is 2.86. The van der Waals surface area contributed by atoms with Crippen molar-refractivity contribution in [1.29, 1.82) is 0 Å². The van der Waals surface area contributed by atoms with Crippen molar-refractivity contribution >= 4 is 21.8 Å². The smallest absolute Gasteiger partial charge is 0.325 e. The van der Waals surface area contributed by atoms with E-state index in [1.54, 1.807) is 11.8 Å². The first-order chi connectivity index (χ1) is 8.88. The zero-order valence-corrected chi connectivity index (χ0v) is 11.7. The second kappa shape index (κ2) is 6.48. The van der Waals surface area contributed by atoms with Gasteiger partial charge in [-0.15, -0.1) is 0 Å². The topological polar surface area (TPSA) is 103 Å². The number of ether oxygens (including phenoxy) is 1. The lowest BCUT2D eigenvalue weighted by Crippen LogP contribution is -2.31. The van der Waals surface area contributed by atoms with Crippen molar-refractivity contribution in [2.24, 2.45) is 5.14 Å². The molecule has 1 aromatic rings. The molecular weight excluding hydrogens is 270 g/mol. The second-order valence-electron chi connectivity index (χ2n) is 3.72. The van der Waals surface area contributed by atoms with Crippen LogP contribution in [0.5, 0.6) is 0 Å². The molecule has 106 valence electrons. The van der Waals surface area contributed by atoms with Gasteiger partial charge in [0.25, 0.3) is 0 Å². The lowest BCUT2D eigenvalue weighted by Gasteiger charge is -2.20. The number of esters is 1. The maximum Gasteiger partial charge on any atom is 0.325 e. The van der Waals surface area contributed by atoms with E-state index in [0.717, 1.165) is 0 Å². The minimum atomic E-state index is -3.76. The molecule has 0 radical (unpaired) electrons. The van der Waals surface area contributed by atoms with Crippen LogP contribution in [0.2, 0.25) is 0 Å². The number of pyridine rings is 1. The Morgan fingerprint density at radius 2 is 2.11 bits per heavy atom. The summed E-state index contributed by atoms with van der Waals surface area (Å²) in [5, 5.41) is 4.98. The van der Waals surface area contributed by atoms with Crippen LogP contribution < -0.4 is 10.0 Å². The van der Waals surface area contributed by atoms with E-state index in [4.69, 9.17) is 9.88 Å². The Bertz CT molecular complexity index is 527. The Morgan fingerprint density at radius 1 is 1.42 bits per heavy atom. The van der Waals surface area contributed by atoms with Gasteiger partial charge >= 0.3 is 5.97 Å². The third-order valence-corrected chi connectivity index (χ3v) is 3.28. The van der Waals surface area contributed by atoms with Gasteiger partial charge in [0.15, 0.2) is 0 Å². The van der Waals surface area contributed by atoms with Gasteiger partial charge in [-0.25, -0.2) is 18.5 Å². The van der Waals surface area contributed by atoms with E-state index in [-0.39, 0.29) is 17.4 Å². The highest BCUT2D eigenvalue weighted by molar-refractivity contribution is 7.89. The largest absolute Gasteiger partial charge is 0.465 e. The summed E-state index contributed by atoms with van der Waals surface area (Å²) in [6.45, 7) is 4.50. The van der Waals surface area contributed by atoms with E-state index < -0.39 is 10.0 Å². The Kier molecular flexibility index (Phi) is 5.25. The summed E-state index contributed by atoms with van der Waals surface area (Å²) in [7, 11) is -3.76. The molecule has 0 spiro atoms. The highest BCUT2D eigenvalue weighted by Crippen LogP contribution is 2.13. The number of nitrogens with zero attached hydrogens (tertiary/aromatic N) is 2. The number of hydrogen-bond donors (Lipinski definition) is 1. The van der Waals surface area contributed by atoms with Crippen molar-refractivity contribution in [3.05, 3.63) is 18.3 Å². The van der Waals surface area contributed by atoms with Crippen molar-refractivity contribution in [2.45, 2.75) is 18.7 Å². The molecule has 0 amide bonds. The monoisotopic (exact) mass is 287 g/mol. The number of carbonyl (C=O) groups is 1. The fraction of sp³-hybridized carbons (Fsp3) is 0.455. The molecule has 7 nitrogen and oxygen atoms in total. The van der Waals surface area contributed by atoms with Gasteiger partial charge < -0.3 is 9.64 Å². The fourth-order valence-corrected chi connectivity index (χ4v) is 1.90. The van der Waals surface area contributed by atoms with Crippen LogP contribution in [0.25, 0.3) is 0 Å². The highest BCUT2D eigenvalue weighted by atomic mass is 32.2. The predicted octanol–water partition coefficient (Wildman–Crippen LogP) is 0.118. The minimum absolute atomic E-state index is 0.0616. The predicted molar refractivity (Wildman–Crippen MR) is 70.1 cm³/mol. The molecule has 0 aromatic carbocycles. The van der Waals surface area contributed by atoms with Crippen LogP contribution in [-0.2, 0) is 19.6 Å². The summed E-state index contributed by atoms with van der Waals surface area (Å²) >= 11 is 0. The second-order valence-corrected chi connectivity index (χ2v) is 5.28. The van der Waals surface area contributed by atoms with E-state index in [1.807, 2.05) is 6.92 Å². The van der Waals surface area contributed by atoms with Crippen molar-refractivity contribution in [3.63, 3.8) is 0 Å². The van der Waals surface area contributed by atoms with Crippen LogP contribution in [0, 0.1) is 0 Å². The van der Waals surface area contributed by atoms with E-state index in [9.17, 15) is 13.2 Å². The first-order valence-electron chi connectivity index (χ1n) is 5.78. The summed E-state index contributed by atoms with van der Waals surface area (Å²) in [5.41, 5.74) is 0. The molecule has 0 aliphatic carbocycles. The van der Waals surface area contributed by atoms with Crippen molar-refractivity contribution in [3.8, 4) is 0 Å². The molecule has 0 bridgehead atoms. The molecule has 0 aliphatic rings. The molecule has 1 heterocycles. The van der Waals surface area contributed by atoms with Crippen molar-refractivity contribution in [1.82, 2.24) is 4.98 Å². The third kappa shape index (κ3) is 4.49. The molecule has 0 unspecified atom stereocenters. The Morgan fingerprint density at radius 3 is 2.53 bits per heavy atom. The van der Waals surface area contributed by atoms with Gasteiger partial charge in [0.1, 0.15) is 17.3 Å². The van der Waals surface area contributed by atoms with Gasteiger partial charge in [-0.05, 0) is 26.0 Å². The fourth-order valence-electron chi connectivity index (χ4n) is 1.45. The van der Waals surface area contributed by atoms with Gasteiger partial charge in [-0.3, -0.25) is 4.79 Å². The standard InChI is InChI=1S/C11H17N3O4S/c1-3-14(8-11(15)18-4-2)10-6-5-9(7-13-10)19(12,16)17/h5-7H,3-4,8H2,1-2H3,(H2,12,16,17). The van der Waals surface area contributed by atoms with Gasteiger partial charge in [0.2, 0.25) is 10.0 Å². The molecule has 19 heavy (non-hydrogen) atoms. The van der Waals surface area contributed by atoms with Gasteiger partial charge in [0, 0.05) is 12.7 Å². The number of nitrogens with two attached hydrogens (primary N) is 1. The lowest BCUT2D eigenvalue weighted by molar-refractivity contribution is -0.141. The summed E-state index contributed by atoms with van der Waals surface area (Å²) in [5.74, 6) is 0.129. The molecule has 0 saturated heterocycles. The average Bonchev–Trinajstić information content (AvgIpc) is 2.35. The van der Waals surface area contributed by atoms with E-state index >= 15 is 0 Å². The first-order valence-corrected chi connectivity index (χ1v) is 7.32. The number of primary sulfonamides is 1. The zero-order chi connectivity index (χ0) is 14.5. The molecule has 2 N–H and O–H groups in total. The van der Waals surface area contributed by atoms with E-state index in [2.05, 4.69) is 4.98 Å². The van der Waals surface area contributed by atoms with Crippen LogP contribution in [0.4, 0.5) is 5.82 Å². The van der Waals surface area contributed by atoms with E-state index in [1.165, 1.54) is 18.3 Å². The lowest BCUT2D eigenvalue weighted by atomic mass is 10.4. The summed E-state index contributed by atoms with van der Waals surface area (Å²) < 4.78 is 27.0. The maximum atomic E-state index is 11.4. The molecule has 0 aliphatic heterocycles. The quantitative estimate of drug-likeness (QED) is 0.745. The first kappa shape index (κ1) is 15.4. The Balaban J connectivity index is 2.85.